The summed E-state index contributed by atoms with van der Waals surface area (Å²) in [5.74, 6) is -0.553. The molecule has 0 radical (unpaired) electrons. The van der Waals surface area contributed by atoms with Gasteiger partial charge in [-0.2, -0.15) is 13.2 Å². The molecule has 0 saturated carbocycles. The van der Waals surface area contributed by atoms with Crippen molar-refractivity contribution in [3.05, 3.63) is 28.8 Å². The van der Waals surface area contributed by atoms with Gasteiger partial charge in [-0.25, -0.2) is 0 Å². The SMILES string of the molecule is NC(c1c(O)cccc1Cl)C(F)(F)F. The van der Waals surface area contributed by atoms with Crippen molar-refractivity contribution in [2.45, 2.75) is 12.2 Å². The number of alkyl halides is 3. The van der Waals surface area contributed by atoms with Crippen molar-refractivity contribution < 1.29 is 18.3 Å². The van der Waals surface area contributed by atoms with Crippen molar-refractivity contribution in [1.29, 1.82) is 0 Å². The van der Waals surface area contributed by atoms with Gasteiger partial charge < -0.3 is 10.8 Å². The van der Waals surface area contributed by atoms with Crippen LogP contribution in [0.2, 0.25) is 5.02 Å². The average Bonchev–Trinajstić information content (AvgIpc) is 2.01. The lowest BCUT2D eigenvalue weighted by Gasteiger charge is -2.17. The Morgan fingerprint density at radius 2 is 1.93 bits per heavy atom. The number of hydrogen-bond donors (Lipinski definition) is 2. The average molecular weight is 226 g/mol. The second-order valence-electron chi connectivity index (χ2n) is 2.69. The quantitative estimate of drug-likeness (QED) is 0.772. The Bertz CT molecular complexity index is 320. The molecule has 0 aliphatic carbocycles. The summed E-state index contributed by atoms with van der Waals surface area (Å²) < 4.78 is 36.6. The Morgan fingerprint density at radius 1 is 1.36 bits per heavy atom. The first-order valence-electron chi connectivity index (χ1n) is 3.63. The zero-order valence-corrected chi connectivity index (χ0v) is 7.60. The van der Waals surface area contributed by atoms with Crippen molar-refractivity contribution in [2.75, 3.05) is 0 Å². The molecule has 0 aliphatic heterocycles. The van der Waals surface area contributed by atoms with Gasteiger partial charge in [0.25, 0.3) is 0 Å². The molecule has 6 heteroatoms. The predicted octanol–water partition coefficient (Wildman–Crippen LogP) is 2.61. The largest absolute Gasteiger partial charge is 0.508 e. The van der Waals surface area contributed by atoms with Gasteiger partial charge in [0.1, 0.15) is 11.8 Å². The first kappa shape index (κ1) is 11.1. The van der Waals surface area contributed by atoms with E-state index in [4.69, 9.17) is 22.4 Å². The van der Waals surface area contributed by atoms with Crippen LogP contribution < -0.4 is 5.73 Å². The van der Waals surface area contributed by atoms with Crippen LogP contribution in [0.4, 0.5) is 13.2 Å². The molecule has 2 nitrogen and oxygen atoms in total. The Labute approximate surface area is 83.1 Å². The minimum atomic E-state index is -4.62. The number of benzene rings is 1. The molecule has 0 amide bonds. The molecule has 0 aliphatic rings. The lowest BCUT2D eigenvalue weighted by atomic mass is 10.1. The molecule has 3 N–H and O–H groups in total. The van der Waals surface area contributed by atoms with E-state index in [1.54, 1.807) is 0 Å². The first-order valence-corrected chi connectivity index (χ1v) is 4.01. The second-order valence-corrected chi connectivity index (χ2v) is 3.10. The van der Waals surface area contributed by atoms with Crippen LogP contribution in [0.5, 0.6) is 5.75 Å². The number of phenols is 1. The summed E-state index contributed by atoms with van der Waals surface area (Å²) in [6.07, 6.45) is -4.62. The highest BCUT2D eigenvalue weighted by atomic mass is 35.5. The maximum absolute atomic E-state index is 12.2. The molecule has 1 aromatic carbocycles. The lowest BCUT2D eigenvalue weighted by molar-refractivity contribution is -0.149. The standard InChI is InChI=1S/C8H7ClF3NO/c9-4-2-1-3-5(14)6(4)7(13)8(10,11)12/h1-3,7,14H,13H2. The van der Waals surface area contributed by atoms with E-state index in [9.17, 15) is 13.2 Å². The second kappa shape index (κ2) is 3.67. The van der Waals surface area contributed by atoms with E-state index >= 15 is 0 Å². The van der Waals surface area contributed by atoms with Gasteiger partial charge in [-0.1, -0.05) is 17.7 Å². The minimum absolute atomic E-state index is 0.199. The van der Waals surface area contributed by atoms with E-state index in [2.05, 4.69) is 0 Å². The fraction of sp³-hybridized carbons (Fsp3) is 0.250. The molecule has 1 atom stereocenters. The maximum atomic E-state index is 12.2. The molecule has 0 bridgehead atoms. The smallest absolute Gasteiger partial charge is 0.407 e. The van der Waals surface area contributed by atoms with Gasteiger partial charge in [0.05, 0.1) is 0 Å². The minimum Gasteiger partial charge on any atom is -0.508 e. The molecule has 14 heavy (non-hydrogen) atoms. The van der Waals surface area contributed by atoms with Gasteiger partial charge in [0.2, 0.25) is 0 Å². The van der Waals surface area contributed by atoms with Crippen molar-refractivity contribution in [3.63, 3.8) is 0 Å². The van der Waals surface area contributed by atoms with Gasteiger partial charge in [-0.05, 0) is 12.1 Å². The number of hydrogen-bond acceptors (Lipinski definition) is 2. The van der Waals surface area contributed by atoms with Gasteiger partial charge in [0, 0.05) is 10.6 Å². The summed E-state index contributed by atoms with van der Waals surface area (Å²) in [6, 6.07) is 1.41. The Kier molecular flexibility index (Phi) is 2.92. The highest BCUT2D eigenvalue weighted by Crippen LogP contribution is 2.38. The van der Waals surface area contributed by atoms with Crippen LogP contribution >= 0.6 is 11.6 Å². The van der Waals surface area contributed by atoms with Crippen molar-refractivity contribution in [1.82, 2.24) is 0 Å². The highest BCUT2D eigenvalue weighted by Gasteiger charge is 2.40. The number of phenolic OH excluding ortho intramolecular Hbond substituents is 1. The van der Waals surface area contributed by atoms with Crippen LogP contribution in [0, 0.1) is 0 Å². The highest BCUT2D eigenvalue weighted by molar-refractivity contribution is 6.31. The van der Waals surface area contributed by atoms with E-state index < -0.39 is 23.5 Å². The van der Waals surface area contributed by atoms with Gasteiger partial charge >= 0.3 is 6.18 Å². The summed E-state index contributed by atoms with van der Waals surface area (Å²) in [5.41, 5.74) is 4.41. The molecule has 1 unspecified atom stereocenters. The first-order chi connectivity index (χ1) is 6.34. The van der Waals surface area contributed by atoms with E-state index in [1.807, 2.05) is 0 Å². The third kappa shape index (κ3) is 2.10. The molecule has 0 fully saturated rings. The third-order valence-corrected chi connectivity index (χ3v) is 2.02. The molecule has 1 rings (SSSR count). The number of nitrogens with two attached hydrogens (primary N) is 1. The van der Waals surface area contributed by atoms with Crippen LogP contribution in [-0.2, 0) is 0 Å². The fourth-order valence-corrected chi connectivity index (χ4v) is 1.28. The topological polar surface area (TPSA) is 46.2 Å². The van der Waals surface area contributed by atoms with Crippen LogP contribution in [0.1, 0.15) is 11.6 Å². The Balaban J connectivity index is 3.19. The Morgan fingerprint density at radius 3 is 2.36 bits per heavy atom. The van der Waals surface area contributed by atoms with E-state index in [0.29, 0.717) is 0 Å². The normalized spacial score (nSPS) is 14.1. The molecular weight excluding hydrogens is 219 g/mol. The summed E-state index contributed by atoms with van der Waals surface area (Å²) in [7, 11) is 0. The Hall–Kier alpha value is -0.940. The molecule has 0 aromatic heterocycles. The van der Waals surface area contributed by atoms with E-state index in [1.165, 1.54) is 12.1 Å². The molecule has 0 heterocycles. The van der Waals surface area contributed by atoms with Gasteiger partial charge in [0.15, 0.2) is 0 Å². The van der Waals surface area contributed by atoms with Crippen LogP contribution in [-0.4, -0.2) is 11.3 Å². The predicted molar refractivity (Wildman–Crippen MR) is 46.1 cm³/mol. The van der Waals surface area contributed by atoms with E-state index in [-0.39, 0.29) is 5.02 Å². The summed E-state index contributed by atoms with van der Waals surface area (Å²) in [6.45, 7) is 0. The molecule has 0 saturated heterocycles. The summed E-state index contributed by atoms with van der Waals surface area (Å²) in [5, 5.41) is 8.96. The van der Waals surface area contributed by atoms with Crippen LogP contribution in [0.3, 0.4) is 0 Å². The molecular formula is C8H7ClF3NO. The molecule has 1 aromatic rings. The molecule has 78 valence electrons. The summed E-state index contributed by atoms with van der Waals surface area (Å²) >= 11 is 5.49. The summed E-state index contributed by atoms with van der Waals surface area (Å²) in [4.78, 5) is 0. The van der Waals surface area contributed by atoms with Gasteiger partial charge in [-0.3, -0.25) is 0 Å². The van der Waals surface area contributed by atoms with Gasteiger partial charge in [-0.15, -0.1) is 0 Å². The third-order valence-electron chi connectivity index (χ3n) is 1.69. The molecule has 0 spiro atoms. The van der Waals surface area contributed by atoms with Crippen molar-refractivity contribution >= 4 is 11.6 Å². The van der Waals surface area contributed by atoms with E-state index in [0.717, 1.165) is 6.07 Å². The lowest BCUT2D eigenvalue weighted by Crippen LogP contribution is -2.28. The monoisotopic (exact) mass is 225 g/mol. The number of aromatic hydroxyl groups is 1. The van der Waals surface area contributed by atoms with Crippen molar-refractivity contribution in [3.8, 4) is 5.75 Å². The number of halogens is 4. The van der Waals surface area contributed by atoms with Crippen LogP contribution in [0.15, 0.2) is 18.2 Å². The fourth-order valence-electron chi connectivity index (χ4n) is 0.997. The maximum Gasteiger partial charge on any atom is 0.407 e. The number of rotatable bonds is 1. The van der Waals surface area contributed by atoms with Crippen LogP contribution in [0.25, 0.3) is 0 Å². The zero-order chi connectivity index (χ0) is 10.9. The zero-order valence-electron chi connectivity index (χ0n) is 6.85. The van der Waals surface area contributed by atoms with Crippen molar-refractivity contribution in [2.24, 2.45) is 5.73 Å².